The van der Waals surface area contributed by atoms with Crippen LogP contribution in [0.15, 0.2) is 60.7 Å². The zero-order valence-corrected chi connectivity index (χ0v) is 14.9. The first-order valence-corrected chi connectivity index (χ1v) is 9.06. The van der Waals surface area contributed by atoms with Crippen LogP contribution < -0.4 is 10.6 Å². The Hall–Kier alpha value is -2.79. The van der Waals surface area contributed by atoms with Crippen LogP contribution in [0.25, 0.3) is 5.69 Å². The molecule has 132 valence electrons. The maximum atomic E-state index is 12.4. The summed E-state index contributed by atoms with van der Waals surface area (Å²) in [6.45, 7) is 0. The number of urea groups is 1. The Kier molecular flexibility index (Phi) is 4.63. The van der Waals surface area contributed by atoms with Crippen molar-refractivity contribution in [2.24, 2.45) is 0 Å². The molecule has 26 heavy (non-hydrogen) atoms. The standard InChI is InChI=1S/C20H19ClN4O/c21-15-9-11-16(12-10-15)22-20(26)23-19-13-18(14-5-4-6-14)24-25(19)17-7-2-1-3-8-17/h1-3,7-14H,4-6H2,(H2,22,23,26). The average molecular weight is 367 g/mol. The number of halogens is 1. The molecule has 2 N–H and O–H groups in total. The molecule has 0 aliphatic heterocycles. The van der Waals surface area contributed by atoms with E-state index in [0.29, 0.717) is 22.4 Å². The molecule has 1 fully saturated rings. The van der Waals surface area contributed by atoms with E-state index in [9.17, 15) is 4.79 Å². The zero-order chi connectivity index (χ0) is 17.9. The molecule has 1 saturated carbocycles. The van der Waals surface area contributed by atoms with E-state index in [0.717, 1.165) is 24.2 Å². The second-order valence-electron chi connectivity index (χ2n) is 6.42. The number of nitrogens with one attached hydrogen (secondary N) is 2. The monoisotopic (exact) mass is 366 g/mol. The highest BCUT2D eigenvalue weighted by Gasteiger charge is 2.24. The average Bonchev–Trinajstić information content (AvgIpc) is 2.99. The third-order valence-electron chi connectivity index (χ3n) is 4.60. The SMILES string of the molecule is O=C(Nc1ccc(Cl)cc1)Nc1cc(C2CCC2)nn1-c1ccccc1. The van der Waals surface area contributed by atoms with Crippen molar-refractivity contribution in [3.63, 3.8) is 0 Å². The van der Waals surface area contributed by atoms with Crippen molar-refractivity contribution in [3.8, 4) is 5.69 Å². The van der Waals surface area contributed by atoms with Gasteiger partial charge in [0.05, 0.1) is 11.4 Å². The first kappa shape index (κ1) is 16.7. The minimum absolute atomic E-state index is 0.315. The summed E-state index contributed by atoms with van der Waals surface area (Å²) in [5, 5.41) is 11.1. The molecule has 4 rings (SSSR count). The topological polar surface area (TPSA) is 59.0 Å². The molecule has 0 unspecified atom stereocenters. The highest BCUT2D eigenvalue weighted by Crippen LogP contribution is 2.37. The summed E-state index contributed by atoms with van der Waals surface area (Å²) in [4.78, 5) is 12.4. The largest absolute Gasteiger partial charge is 0.324 e. The minimum atomic E-state index is -0.315. The first-order chi connectivity index (χ1) is 12.7. The fourth-order valence-corrected chi connectivity index (χ4v) is 3.10. The van der Waals surface area contributed by atoms with Crippen LogP contribution in [0, 0.1) is 0 Å². The van der Waals surface area contributed by atoms with Gasteiger partial charge in [-0.1, -0.05) is 36.2 Å². The van der Waals surface area contributed by atoms with Crippen LogP contribution in [0.3, 0.4) is 0 Å². The summed E-state index contributed by atoms with van der Waals surface area (Å²) < 4.78 is 1.79. The van der Waals surface area contributed by atoms with E-state index in [1.807, 2.05) is 36.4 Å². The van der Waals surface area contributed by atoms with Gasteiger partial charge in [-0.05, 0) is 49.2 Å². The van der Waals surface area contributed by atoms with E-state index in [-0.39, 0.29) is 6.03 Å². The molecule has 0 spiro atoms. The van der Waals surface area contributed by atoms with Crippen molar-refractivity contribution in [1.82, 2.24) is 9.78 Å². The minimum Gasteiger partial charge on any atom is -0.308 e. The Balaban J connectivity index is 1.57. The molecule has 0 atom stereocenters. The van der Waals surface area contributed by atoms with Crippen LogP contribution in [-0.4, -0.2) is 15.8 Å². The molecule has 1 aliphatic carbocycles. The summed E-state index contributed by atoms with van der Waals surface area (Å²) in [6.07, 6.45) is 3.55. The van der Waals surface area contributed by atoms with Crippen LogP contribution in [0.1, 0.15) is 30.9 Å². The Morgan fingerprint density at radius 2 is 1.77 bits per heavy atom. The van der Waals surface area contributed by atoms with E-state index >= 15 is 0 Å². The van der Waals surface area contributed by atoms with Gasteiger partial charge in [0.25, 0.3) is 0 Å². The summed E-state index contributed by atoms with van der Waals surface area (Å²) in [5.41, 5.74) is 2.62. The Morgan fingerprint density at radius 3 is 2.42 bits per heavy atom. The molecule has 0 saturated heterocycles. The summed E-state index contributed by atoms with van der Waals surface area (Å²) in [5.74, 6) is 1.14. The van der Waals surface area contributed by atoms with Gasteiger partial charge in [0, 0.05) is 22.7 Å². The number of hydrogen-bond acceptors (Lipinski definition) is 2. The van der Waals surface area contributed by atoms with Gasteiger partial charge in [-0.2, -0.15) is 5.10 Å². The van der Waals surface area contributed by atoms with Gasteiger partial charge in [0.2, 0.25) is 0 Å². The lowest BCUT2D eigenvalue weighted by Crippen LogP contribution is -2.21. The normalized spacial score (nSPS) is 13.9. The van der Waals surface area contributed by atoms with Gasteiger partial charge >= 0.3 is 6.03 Å². The third-order valence-corrected chi connectivity index (χ3v) is 4.85. The molecular weight excluding hydrogens is 348 g/mol. The number of carbonyl (C=O) groups excluding carboxylic acids is 1. The smallest absolute Gasteiger partial charge is 0.308 e. The van der Waals surface area contributed by atoms with E-state index in [1.165, 1.54) is 6.42 Å². The Morgan fingerprint density at radius 1 is 1.04 bits per heavy atom. The molecule has 1 aliphatic rings. The van der Waals surface area contributed by atoms with Crippen LogP contribution >= 0.6 is 11.6 Å². The van der Waals surface area contributed by atoms with Gasteiger partial charge in [-0.15, -0.1) is 0 Å². The van der Waals surface area contributed by atoms with E-state index in [4.69, 9.17) is 16.7 Å². The first-order valence-electron chi connectivity index (χ1n) is 8.68. The highest BCUT2D eigenvalue weighted by atomic mass is 35.5. The van der Waals surface area contributed by atoms with Crippen molar-refractivity contribution < 1.29 is 4.79 Å². The molecular formula is C20H19ClN4O. The highest BCUT2D eigenvalue weighted by molar-refractivity contribution is 6.30. The number of carbonyl (C=O) groups is 1. The van der Waals surface area contributed by atoms with Crippen molar-refractivity contribution in [2.75, 3.05) is 10.6 Å². The number of hydrogen-bond donors (Lipinski definition) is 2. The van der Waals surface area contributed by atoms with E-state index < -0.39 is 0 Å². The van der Waals surface area contributed by atoms with E-state index in [2.05, 4.69) is 10.6 Å². The number of aromatic nitrogens is 2. The molecule has 2 amide bonds. The molecule has 2 aromatic carbocycles. The van der Waals surface area contributed by atoms with Crippen LogP contribution in [0.4, 0.5) is 16.3 Å². The number of benzene rings is 2. The molecule has 5 nitrogen and oxygen atoms in total. The number of para-hydroxylation sites is 1. The number of amides is 2. The van der Waals surface area contributed by atoms with Crippen molar-refractivity contribution in [3.05, 3.63) is 71.4 Å². The van der Waals surface area contributed by atoms with Gasteiger partial charge in [0.1, 0.15) is 5.82 Å². The van der Waals surface area contributed by atoms with Crippen molar-refractivity contribution in [1.29, 1.82) is 0 Å². The second-order valence-corrected chi connectivity index (χ2v) is 6.85. The lowest BCUT2D eigenvalue weighted by molar-refractivity contribution is 0.262. The number of anilines is 2. The maximum Gasteiger partial charge on any atom is 0.324 e. The Labute approximate surface area is 157 Å². The van der Waals surface area contributed by atoms with Gasteiger partial charge in [0.15, 0.2) is 0 Å². The maximum absolute atomic E-state index is 12.4. The fourth-order valence-electron chi connectivity index (χ4n) is 2.97. The third kappa shape index (κ3) is 3.58. The van der Waals surface area contributed by atoms with Gasteiger partial charge < -0.3 is 5.32 Å². The summed E-state index contributed by atoms with van der Waals surface area (Å²) >= 11 is 5.88. The summed E-state index contributed by atoms with van der Waals surface area (Å²) in [6, 6.07) is 18.5. The van der Waals surface area contributed by atoms with Crippen molar-refractivity contribution in [2.45, 2.75) is 25.2 Å². The predicted octanol–water partition coefficient (Wildman–Crippen LogP) is 5.44. The quantitative estimate of drug-likeness (QED) is 0.646. The predicted molar refractivity (Wildman–Crippen MR) is 104 cm³/mol. The Bertz CT molecular complexity index is 901. The van der Waals surface area contributed by atoms with Crippen LogP contribution in [0.5, 0.6) is 0 Å². The molecule has 0 radical (unpaired) electrons. The van der Waals surface area contributed by atoms with Crippen molar-refractivity contribution >= 4 is 29.1 Å². The van der Waals surface area contributed by atoms with Gasteiger partial charge in [-0.25, -0.2) is 9.48 Å². The van der Waals surface area contributed by atoms with Gasteiger partial charge in [-0.3, -0.25) is 5.32 Å². The van der Waals surface area contributed by atoms with Crippen LogP contribution in [-0.2, 0) is 0 Å². The summed E-state index contributed by atoms with van der Waals surface area (Å²) in [7, 11) is 0. The number of rotatable bonds is 4. The second kappa shape index (κ2) is 7.22. The molecule has 1 aromatic heterocycles. The van der Waals surface area contributed by atoms with E-state index in [1.54, 1.807) is 28.9 Å². The van der Waals surface area contributed by atoms with Crippen LogP contribution in [0.2, 0.25) is 5.02 Å². The number of nitrogens with zero attached hydrogens (tertiary/aromatic N) is 2. The molecule has 0 bridgehead atoms. The molecule has 6 heteroatoms. The lowest BCUT2D eigenvalue weighted by Gasteiger charge is -2.22. The molecule has 3 aromatic rings. The molecule has 1 heterocycles. The fraction of sp³-hybridized carbons (Fsp3) is 0.200. The lowest BCUT2D eigenvalue weighted by atomic mass is 9.83. The zero-order valence-electron chi connectivity index (χ0n) is 14.2.